The Kier molecular flexibility index (Phi) is 11.3. The fourth-order valence-electron chi connectivity index (χ4n) is 4.47. The van der Waals surface area contributed by atoms with Gasteiger partial charge in [-0.05, 0) is 31.9 Å². The Morgan fingerprint density at radius 1 is 0.875 bits per heavy atom. The van der Waals surface area contributed by atoms with Gasteiger partial charge in [0.05, 0.1) is 0 Å². The number of anilines is 1. The van der Waals surface area contributed by atoms with Gasteiger partial charge in [-0.25, -0.2) is 0 Å². The molecule has 0 radical (unpaired) electrons. The molecule has 1 aromatic heterocycles. The number of rotatable bonds is 6. The van der Waals surface area contributed by atoms with Crippen LogP contribution in [0.2, 0.25) is 0 Å². The number of allylic oxidation sites excluding steroid dienone is 2. The molecule has 0 N–H and O–H groups in total. The van der Waals surface area contributed by atoms with E-state index >= 15 is 0 Å². The standard InChI is InChI=1S/C26H26N2.C9H6NS.Ir/c1-18-15-24(22-9-7-6-8-10-22)16-19(2)26(18)23-11-13-25(14-12-23)28(5)21(4)17-20(3)27;1-2-4-8(5-3-1)9-10-6-7-11-9;/h6-13,15-17H,1-5H3;1-4,6-7H;/q-2;-1;+3/b21-17-;;. The number of aromatic nitrogens is 1. The molecule has 0 atom stereocenters. The van der Waals surface area contributed by atoms with Crippen LogP contribution in [-0.4, -0.2) is 17.7 Å². The third-order valence-electron chi connectivity index (χ3n) is 6.40. The minimum atomic E-state index is 0. The maximum absolute atomic E-state index is 9.48. The van der Waals surface area contributed by atoms with Gasteiger partial charge in [-0.2, -0.15) is 35.2 Å². The molecule has 0 saturated carbocycles. The zero-order chi connectivity index (χ0) is 27.8. The van der Waals surface area contributed by atoms with Crippen LogP contribution in [0, 0.1) is 26.0 Å². The van der Waals surface area contributed by atoms with E-state index in [2.05, 4.69) is 79.5 Å². The fourth-order valence-corrected chi connectivity index (χ4v) is 5.10. The second kappa shape index (κ2) is 14.7. The maximum atomic E-state index is 9.48. The van der Waals surface area contributed by atoms with Crippen LogP contribution in [-0.2, 0) is 20.1 Å². The number of benzene rings is 4. The van der Waals surface area contributed by atoms with Crippen molar-refractivity contribution < 1.29 is 20.1 Å². The van der Waals surface area contributed by atoms with Crippen molar-refractivity contribution >= 4 is 22.7 Å². The molecule has 0 saturated heterocycles. The molecule has 5 aromatic rings. The number of aryl methyl sites for hydroxylation is 2. The van der Waals surface area contributed by atoms with E-state index < -0.39 is 0 Å². The topological polar surface area (TPSA) is 38.4 Å². The monoisotopic (exact) mass is 719 g/mol. The van der Waals surface area contributed by atoms with E-state index in [1.165, 1.54) is 33.4 Å². The summed E-state index contributed by atoms with van der Waals surface area (Å²) in [6.07, 6.45) is 3.55. The summed E-state index contributed by atoms with van der Waals surface area (Å²) in [7, 11) is 1.98. The smallest absolute Gasteiger partial charge is 0.808 e. The van der Waals surface area contributed by atoms with Gasteiger partial charge in [-0.3, -0.25) is 4.98 Å². The number of thiazole rings is 1. The Labute approximate surface area is 256 Å². The van der Waals surface area contributed by atoms with Gasteiger partial charge >= 0.3 is 20.1 Å². The molecule has 40 heavy (non-hydrogen) atoms. The molecule has 0 amide bonds. The first kappa shape index (κ1) is 30.9. The van der Waals surface area contributed by atoms with Gasteiger partial charge in [0.25, 0.3) is 0 Å². The molecule has 4 aromatic carbocycles. The zero-order valence-electron chi connectivity index (χ0n) is 23.4. The Bertz CT molecular complexity index is 1520. The molecule has 0 aliphatic carbocycles. The first-order chi connectivity index (χ1) is 18.8. The first-order valence-corrected chi connectivity index (χ1v) is 13.7. The number of nitrogens with zero attached hydrogens (tertiary/aromatic N) is 3. The number of hydrogen-bond donors (Lipinski definition) is 0. The summed E-state index contributed by atoms with van der Waals surface area (Å²) in [4.78, 5) is 6.19. The average molecular weight is 719 g/mol. The van der Waals surface area contributed by atoms with Gasteiger partial charge in [-0.1, -0.05) is 77.8 Å². The normalized spacial score (nSPS) is 10.7. The summed E-state index contributed by atoms with van der Waals surface area (Å²) in [5, 5.41) is 12.5. The largest absolute Gasteiger partial charge is 3.00 e. The second-order valence-corrected chi connectivity index (χ2v) is 10.3. The number of hydrogen-bond acceptors (Lipinski definition) is 3. The average Bonchev–Trinajstić information content (AvgIpc) is 3.49. The third-order valence-corrected chi connectivity index (χ3v) is 7.21. The summed E-state index contributed by atoms with van der Waals surface area (Å²) in [6, 6.07) is 35.6. The van der Waals surface area contributed by atoms with Crippen LogP contribution < -0.4 is 4.90 Å². The Morgan fingerprint density at radius 2 is 1.57 bits per heavy atom. The van der Waals surface area contributed by atoms with E-state index in [1.54, 1.807) is 30.5 Å². The quantitative estimate of drug-likeness (QED) is 0.130. The van der Waals surface area contributed by atoms with Gasteiger partial charge in [-0.15, -0.1) is 47.5 Å². The molecule has 202 valence electrons. The van der Waals surface area contributed by atoms with Crippen LogP contribution >= 0.6 is 11.3 Å². The van der Waals surface area contributed by atoms with Crippen molar-refractivity contribution in [3.05, 3.63) is 137 Å². The molecule has 0 fully saturated rings. The molecule has 0 unspecified atom stereocenters. The van der Waals surface area contributed by atoms with Crippen molar-refractivity contribution in [3.63, 3.8) is 0 Å². The van der Waals surface area contributed by atoms with Crippen LogP contribution in [0.15, 0.2) is 108 Å². The molecule has 0 aliphatic heterocycles. The Hall–Kier alpha value is -3.63. The maximum Gasteiger partial charge on any atom is 3.00 e. The SMILES string of the molecule is CC(=[N-])/C=C(/C)N(C)c1[c-]cc(-c2c(C)cc(-c3ccccc3)cc2C)cc1.[Ir+3].[c-]1ccccc1-c1nccs1. The zero-order valence-corrected chi connectivity index (χ0v) is 26.6. The molecule has 5 rings (SSSR count). The van der Waals surface area contributed by atoms with Crippen LogP contribution in [0.5, 0.6) is 0 Å². The van der Waals surface area contributed by atoms with Crippen LogP contribution in [0.1, 0.15) is 25.0 Å². The molecule has 0 spiro atoms. The molecule has 0 bridgehead atoms. The van der Waals surface area contributed by atoms with Gasteiger partial charge in [0.2, 0.25) is 0 Å². The predicted octanol–water partition coefficient (Wildman–Crippen LogP) is 9.42. The Morgan fingerprint density at radius 3 is 2.12 bits per heavy atom. The Balaban J connectivity index is 0.000000306. The molecule has 3 nitrogen and oxygen atoms in total. The summed E-state index contributed by atoms with van der Waals surface area (Å²) in [5.74, 6) is 0. The predicted molar refractivity (Wildman–Crippen MR) is 168 cm³/mol. The minimum Gasteiger partial charge on any atom is -0.808 e. The molecular weight excluding hydrogens is 687 g/mol. The molecular formula is C35H32IrN3S. The van der Waals surface area contributed by atoms with Gasteiger partial charge in [0.1, 0.15) is 0 Å². The summed E-state index contributed by atoms with van der Waals surface area (Å²) in [6.45, 7) is 7.98. The van der Waals surface area contributed by atoms with E-state index in [-0.39, 0.29) is 20.1 Å². The minimum absolute atomic E-state index is 0. The summed E-state index contributed by atoms with van der Waals surface area (Å²) in [5.41, 5.74) is 10.7. The van der Waals surface area contributed by atoms with Crippen molar-refractivity contribution in [1.29, 1.82) is 0 Å². The molecule has 5 heteroatoms. The van der Waals surface area contributed by atoms with Crippen molar-refractivity contribution in [2.75, 3.05) is 11.9 Å². The van der Waals surface area contributed by atoms with Crippen molar-refractivity contribution in [2.45, 2.75) is 27.7 Å². The van der Waals surface area contributed by atoms with E-state index in [0.717, 1.165) is 22.0 Å². The first-order valence-electron chi connectivity index (χ1n) is 12.8. The van der Waals surface area contributed by atoms with E-state index in [1.807, 2.05) is 60.6 Å². The van der Waals surface area contributed by atoms with Crippen LogP contribution in [0.4, 0.5) is 5.69 Å². The van der Waals surface area contributed by atoms with Crippen LogP contribution in [0.25, 0.3) is 38.2 Å². The summed E-state index contributed by atoms with van der Waals surface area (Å²) < 4.78 is 0. The second-order valence-electron chi connectivity index (χ2n) is 9.41. The van der Waals surface area contributed by atoms with E-state index in [9.17, 15) is 5.41 Å². The molecule has 0 aliphatic rings. The van der Waals surface area contributed by atoms with E-state index in [0.29, 0.717) is 5.71 Å². The summed E-state index contributed by atoms with van der Waals surface area (Å²) >= 11 is 1.63. The third kappa shape index (κ3) is 7.95. The van der Waals surface area contributed by atoms with E-state index in [4.69, 9.17) is 0 Å². The van der Waals surface area contributed by atoms with Gasteiger partial charge in [0.15, 0.2) is 0 Å². The van der Waals surface area contributed by atoms with Crippen molar-refractivity contribution in [1.82, 2.24) is 4.98 Å². The fraction of sp³-hybridized carbons (Fsp3) is 0.143. The van der Waals surface area contributed by atoms with Crippen LogP contribution in [0.3, 0.4) is 0 Å². The van der Waals surface area contributed by atoms with Crippen molar-refractivity contribution in [2.24, 2.45) is 0 Å². The van der Waals surface area contributed by atoms with Gasteiger partial charge in [0, 0.05) is 29.3 Å². The van der Waals surface area contributed by atoms with Gasteiger partial charge < -0.3 is 10.3 Å². The molecule has 1 heterocycles. The van der Waals surface area contributed by atoms with Crippen molar-refractivity contribution in [3.8, 4) is 32.8 Å².